The number of rotatable bonds is 5. The first-order chi connectivity index (χ1) is 10.6. The molecule has 1 aliphatic carbocycles. The van der Waals surface area contributed by atoms with Crippen molar-refractivity contribution in [1.82, 2.24) is 0 Å². The van der Waals surface area contributed by atoms with Crippen LogP contribution in [0.15, 0.2) is 17.3 Å². The van der Waals surface area contributed by atoms with Crippen molar-refractivity contribution in [3.05, 3.63) is 28.5 Å². The first-order valence-corrected chi connectivity index (χ1v) is 8.59. The predicted molar refractivity (Wildman–Crippen MR) is 90.4 cm³/mol. The highest BCUT2D eigenvalue weighted by molar-refractivity contribution is 6.32. The molecule has 0 N–H and O–H groups in total. The quantitative estimate of drug-likeness (QED) is 0.467. The van der Waals surface area contributed by atoms with E-state index in [0.717, 1.165) is 5.92 Å². The first kappa shape index (κ1) is 17.3. The fourth-order valence-electron chi connectivity index (χ4n) is 3.43. The van der Waals surface area contributed by atoms with Crippen LogP contribution in [0.3, 0.4) is 0 Å². The van der Waals surface area contributed by atoms with Gasteiger partial charge in [-0.15, -0.1) is 0 Å². The minimum absolute atomic E-state index is 0.0252. The van der Waals surface area contributed by atoms with Crippen LogP contribution in [0.2, 0.25) is 5.02 Å². The summed E-state index contributed by atoms with van der Waals surface area (Å²) in [5.41, 5.74) is 0.692. The molecule has 0 aromatic heterocycles. The van der Waals surface area contributed by atoms with Gasteiger partial charge < -0.3 is 4.84 Å². The molecule has 0 saturated heterocycles. The molecule has 0 heterocycles. The highest BCUT2D eigenvalue weighted by atomic mass is 35.5. The molecule has 1 atom stereocenters. The number of oxime groups is 1. The summed E-state index contributed by atoms with van der Waals surface area (Å²) in [7, 11) is 0. The van der Waals surface area contributed by atoms with Crippen molar-refractivity contribution in [1.29, 1.82) is 0 Å². The molecule has 1 aliphatic rings. The van der Waals surface area contributed by atoms with E-state index in [2.05, 4.69) is 19.0 Å². The standard InChI is InChI=1S/C18H25ClFNO/c1-4-13-6-8-14(9-7-13)12(3)15-10-11-16(22-21-5-2)17(19)18(15)20/h5,10-14H,4,6-9H2,1-3H3. The van der Waals surface area contributed by atoms with Crippen LogP contribution in [-0.2, 0) is 0 Å². The van der Waals surface area contributed by atoms with E-state index < -0.39 is 0 Å². The second-order valence-electron chi connectivity index (χ2n) is 6.21. The molecule has 0 spiro atoms. The Morgan fingerprint density at radius 2 is 2.05 bits per heavy atom. The zero-order chi connectivity index (χ0) is 16.1. The van der Waals surface area contributed by atoms with E-state index in [9.17, 15) is 4.39 Å². The van der Waals surface area contributed by atoms with Gasteiger partial charge in [0.05, 0.1) is 0 Å². The number of nitrogens with zero attached hydrogens (tertiary/aromatic N) is 1. The largest absolute Gasteiger partial charge is 0.356 e. The van der Waals surface area contributed by atoms with Gasteiger partial charge in [-0.2, -0.15) is 0 Å². The van der Waals surface area contributed by atoms with E-state index in [1.54, 1.807) is 19.1 Å². The molecule has 1 unspecified atom stereocenters. The van der Waals surface area contributed by atoms with Gasteiger partial charge in [0, 0.05) is 6.21 Å². The fraction of sp³-hybridized carbons (Fsp3) is 0.611. The zero-order valence-electron chi connectivity index (χ0n) is 13.6. The summed E-state index contributed by atoms with van der Waals surface area (Å²) in [6, 6.07) is 3.50. The minimum Gasteiger partial charge on any atom is -0.356 e. The third-order valence-electron chi connectivity index (χ3n) is 5.00. The molecule has 2 rings (SSSR count). The first-order valence-electron chi connectivity index (χ1n) is 8.21. The molecular weight excluding hydrogens is 301 g/mol. The summed E-state index contributed by atoms with van der Waals surface area (Å²) in [4.78, 5) is 5.07. The highest BCUT2D eigenvalue weighted by Gasteiger charge is 2.28. The van der Waals surface area contributed by atoms with Crippen molar-refractivity contribution >= 4 is 17.8 Å². The Morgan fingerprint density at radius 1 is 1.36 bits per heavy atom. The second-order valence-corrected chi connectivity index (χ2v) is 6.59. The zero-order valence-corrected chi connectivity index (χ0v) is 14.4. The summed E-state index contributed by atoms with van der Waals surface area (Å²) in [6.07, 6.45) is 7.62. The lowest BCUT2D eigenvalue weighted by molar-refractivity contribution is 0.242. The third kappa shape index (κ3) is 3.81. The lowest BCUT2D eigenvalue weighted by Gasteiger charge is -2.32. The molecule has 122 valence electrons. The number of hydrogen-bond donors (Lipinski definition) is 0. The normalized spacial score (nSPS) is 23.7. The molecule has 1 fully saturated rings. The smallest absolute Gasteiger partial charge is 0.179 e. The highest BCUT2D eigenvalue weighted by Crippen LogP contribution is 2.41. The monoisotopic (exact) mass is 325 g/mol. The van der Waals surface area contributed by atoms with E-state index in [1.165, 1.54) is 38.3 Å². The van der Waals surface area contributed by atoms with E-state index in [0.29, 0.717) is 11.5 Å². The third-order valence-corrected chi connectivity index (χ3v) is 5.35. The Labute approximate surface area is 137 Å². The van der Waals surface area contributed by atoms with Crippen molar-refractivity contribution in [2.24, 2.45) is 17.0 Å². The molecule has 1 aromatic carbocycles. The molecule has 4 heteroatoms. The molecule has 0 radical (unpaired) electrons. The van der Waals surface area contributed by atoms with Crippen LogP contribution in [0.25, 0.3) is 0 Å². The topological polar surface area (TPSA) is 21.6 Å². The molecule has 22 heavy (non-hydrogen) atoms. The van der Waals surface area contributed by atoms with Gasteiger partial charge >= 0.3 is 0 Å². The van der Waals surface area contributed by atoms with Gasteiger partial charge in [0.25, 0.3) is 0 Å². The molecule has 0 amide bonds. The Balaban J connectivity index is 2.13. The van der Waals surface area contributed by atoms with Crippen molar-refractivity contribution in [3.8, 4) is 5.75 Å². The Bertz CT molecular complexity index is 524. The van der Waals surface area contributed by atoms with Gasteiger partial charge in [-0.3, -0.25) is 0 Å². The van der Waals surface area contributed by atoms with Gasteiger partial charge in [-0.1, -0.05) is 55.9 Å². The lowest BCUT2D eigenvalue weighted by atomic mass is 9.73. The van der Waals surface area contributed by atoms with Crippen molar-refractivity contribution < 1.29 is 9.23 Å². The summed E-state index contributed by atoms with van der Waals surface area (Å²) in [6.45, 7) is 6.09. The van der Waals surface area contributed by atoms with E-state index in [4.69, 9.17) is 16.4 Å². The average Bonchev–Trinajstić information content (AvgIpc) is 2.56. The van der Waals surface area contributed by atoms with Crippen LogP contribution >= 0.6 is 11.6 Å². The van der Waals surface area contributed by atoms with Crippen molar-refractivity contribution in [2.45, 2.75) is 58.8 Å². The predicted octanol–water partition coefficient (Wildman–Crippen LogP) is 6.18. The average molecular weight is 326 g/mol. The van der Waals surface area contributed by atoms with Gasteiger partial charge in [-0.25, -0.2) is 4.39 Å². The van der Waals surface area contributed by atoms with Crippen molar-refractivity contribution in [2.75, 3.05) is 0 Å². The van der Waals surface area contributed by atoms with E-state index in [1.807, 2.05) is 0 Å². The van der Waals surface area contributed by atoms with E-state index >= 15 is 0 Å². The number of halogens is 2. The number of hydrogen-bond acceptors (Lipinski definition) is 2. The van der Waals surface area contributed by atoms with Crippen LogP contribution in [0.1, 0.15) is 64.4 Å². The SMILES string of the molecule is CC=NOc1ccc(C(C)C2CCC(CC)CC2)c(F)c1Cl. The van der Waals surface area contributed by atoms with Crippen LogP contribution < -0.4 is 4.84 Å². The molecule has 2 nitrogen and oxygen atoms in total. The maximum atomic E-state index is 14.6. The summed E-state index contributed by atoms with van der Waals surface area (Å²) >= 11 is 6.09. The van der Waals surface area contributed by atoms with Crippen LogP contribution in [0.4, 0.5) is 4.39 Å². The van der Waals surface area contributed by atoms with Gasteiger partial charge in [-0.05, 0) is 49.1 Å². The molecule has 1 saturated carbocycles. The lowest BCUT2D eigenvalue weighted by Crippen LogP contribution is -2.19. The maximum absolute atomic E-state index is 14.6. The Hall–Kier alpha value is -1.09. The minimum atomic E-state index is -0.365. The fourth-order valence-corrected chi connectivity index (χ4v) is 3.64. The summed E-state index contributed by atoms with van der Waals surface area (Å²) in [5, 5.41) is 3.68. The number of benzene rings is 1. The van der Waals surface area contributed by atoms with Crippen molar-refractivity contribution in [3.63, 3.8) is 0 Å². The second kappa shape index (κ2) is 7.96. The molecule has 1 aromatic rings. The molecular formula is C18H25ClFNO. The summed E-state index contributed by atoms with van der Waals surface area (Å²) in [5.74, 6) is 1.46. The van der Waals surface area contributed by atoms with Gasteiger partial charge in [0.1, 0.15) is 10.8 Å². The van der Waals surface area contributed by atoms with Crippen LogP contribution in [0.5, 0.6) is 5.75 Å². The van der Waals surface area contributed by atoms with Gasteiger partial charge in [0.2, 0.25) is 0 Å². The Kier molecular flexibility index (Phi) is 6.25. The van der Waals surface area contributed by atoms with Crippen LogP contribution in [-0.4, -0.2) is 6.21 Å². The maximum Gasteiger partial charge on any atom is 0.179 e. The molecule has 0 aliphatic heterocycles. The molecule has 0 bridgehead atoms. The van der Waals surface area contributed by atoms with Gasteiger partial charge in [0.15, 0.2) is 5.75 Å². The van der Waals surface area contributed by atoms with E-state index in [-0.39, 0.29) is 22.5 Å². The summed E-state index contributed by atoms with van der Waals surface area (Å²) < 4.78 is 14.6. The Morgan fingerprint density at radius 3 is 2.64 bits per heavy atom. The van der Waals surface area contributed by atoms with Crippen LogP contribution in [0, 0.1) is 17.7 Å².